The standard InChI is InChI=1S/C20H37N3O2/c1-6-8-9-10-11-18(25-19(24)23-16-21-15-22-23)13-17(3)14-20(4,5)12-7-2/h15-18H,6-14H2,1-5H3. The minimum Gasteiger partial charge on any atom is -0.445 e. The van der Waals surface area contributed by atoms with Gasteiger partial charge < -0.3 is 4.74 Å². The van der Waals surface area contributed by atoms with E-state index in [1.165, 1.54) is 49.4 Å². The number of nitrogens with zero attached hydrogens (tertiary/aromatic N) is 3. The Balaban J connectivity index is 2.58. The molecule has 2 atom stereocenters. The minimum absolute atomic E-state index is 0.0408. The molecular formula is C20H37N3O2. The van der Waals surface area contributed by atoms with Crippen LogP contribution >= 0.6 is 0 Å². The van der Waals surface area contributed by atoms with E-state index in [2.05, 4.69) is 44.7 Å². The minimum atomic E-state index is -0.419. The lowest BCUT2D eigenvalue weighted by Crippen LogP contribution is -2.26. The van der Waals surface area contributed by atoms with Crippen molar-refractivity contribution in [2.45, 2.75) is 98.5 Å². The second-order valence-electron chi connectivity index (χ2n) is 8.15. The van der Waals surface area contributed by atoms with E-state index in [4.69, 9.17) is 4.74 Å². The molecule has 0 spiro atoms. The van der Waals surface area contributed by atoms with Crippen LogP contribution in [0.5, 0.6) is 0 Å². The van der Waals surface area contributed by atoms with Gasteiger partial charge in [0.1, 0.15) is 18.8 Å². The van der Waals surface area contributed by atoms with Crippen LogP contribution in [0, 0.1) is 11.3 Å². The maximum atomic E-state index is 12.2. The number of hydrogen-bond acceptors (Lipinski definition) is 4. The van der Waals surface area contributed by atoms with Crippen molar-refractivity contribution < 1.29 is 9.53 Å². The van der Waals surface area contributed by atoms with Gasteiger partial charge >= 0.3 is 6.09 Å². The van der Waals surface area contributed by atoms with Gasteiger partial charge in [0.15, 0.2) is 0 Å². The third-order valence-corrected chi connectivity index (χ3v) is 4.75. The van der Waals surface area contributed by atoms with E-state index in [0.29, 0.717) is 11.3 Å². The highest BCUT2D eigenvalue weighted by Crippen LogP contribution is 2.33. The van der Waals surface area contributed by atoms with Crippen LogP contribution < -0.4 is 0 Å². The zero-order chi connectivity index (χ0) is 18.7. The third kappa shape index (κ3) is 9.03. The molecule has 1 aromatic rings. The molecule has 0 aliphatic carbocycles. The maximum absolute atomic E-state index is 12.2. The molecule has 0 bridgehead atoms. The van der Waals surface area contributed by atoms with Crippen LogP contribution in [0.25, 0.3) is 0 Å². The molecule has 0 aromatic carbocycles. The van der Waals surface area contributed by atoms with Gasteiger partial charge in [0.2, 0.25) is 0 Å². The molecule has 1 rings (SSSR count). The Morgan fingerprint density at radius 1 is 1.20 bits per heavy atom. The van der Waals surface area contributed by atoms with Gasteiger partial charge in [-0.1, -0.05) is 60.3 Å². The summed E-state index contributed by atoms with van der Waals surface area (Å²) in [6.45, 7) is 11.4. The summed E-state index contributed by atoms with van der Waals surface area (Å²) in [5.74, 6) is 0.529. The fourth-order valence-corrected chi connectivity index (χ4v) is 3.78. The van der Waals surface area contributed by atoms with Gasteiger partial charge in [-0.25, -0.2) is 9.78 Å². The van der Waals surface area contributed by atoms with Crippen molar-refractivity contribution in [1.29, 1.82) is 0 Å². The molecule has 2 unspecified atom stereocenters. The molecule has 0 radical (unpaired) electrons. The number of ether oxygens (including phenoxy) is 1. The molecular weight excluding hydrogens is 314 g/mol. The van der Waals surface area contributed by atoms with Gasteiger partial charge in [0, 0.05) is 0 Å². The SMILES string of the molecule is CCCCCCC(CC(C)CC(C)(C)CCC)OC(=O)n1cncn1. The van der Waals surface area contributed by atoms with E-state index >= 15 is 0 Å². The van der Waals surface area contributed by atoms with Gasteiger partial charge in [-0.3, -0.25) is 0 Å². The smallest absolute Gasteiger partial charge is 0.436 e. The van der Waals surface area contributed by atoms with Crippen LogP contribution in [0.15, 0.2) is 12.7 Å². The maximum Gasteiger partial charge on any atom is 0.436 e. The molecule has 0 aliphatic rings. The fraction of sp³-hybridized carbons (Fsp3) is 0.850. The van der Waals surface area contributed by atoms with Gasteiger partial charge in [0.25, 0.3) is 0 Å². The zero-order valence-corrected chi connectivity index (χ0v) is 16.8. The molecule has 0 aliphatic heterocycles. The van der Waals surface area contributed by atoms with Gasteiger partial charge in [0.05, 0.1) is 0 Å². The second-order valence-corrected chi connectivity index (χ2v) is 8.15. The highest BCUT2D eigenvalue weighted by atomic mass is 16.6. The fourth-order valence-electron chi connectivity index (χ4n) is 3.78. The van der Waals surface area contributed by atoms with Gasteiger partial charge in [-0.2, -0.15) is 4.68 Å². The van der Waals surface area contributed by atoms with E-state index in [9.17, 15) is 4.79 Å². The molecule has 144 valence electrons. The molecule has 1 aromatic heterocycles. The molecule has 0 amide bonds. The first-order chi connectivity index (χ1) is 11.9. The van der Waals surface area contributed by atoms with Crippen LogP contribution in [0.2, 0.25) is 0 Å². The summed E-state index contributed by atoms with van der Waals surface area (Å²) in [4.78, 5) is 16.0. The van der Waals surface area contributed by atoms with Gasteiger partial charge in [-0.05, 0) is 43.4 Å². The van der Waals surface area contributed by atoms with Crippen molar-refractivity contribution in [2.75, 3.05) is 0 Å². The number of hydrogen-bond donors (Lipinski definition) is 0. The van der Waals surface area contributed by atoms with Crippen molar-refractivity contribution >= 4 is 6.09 Å². The molecule has 0 saturated carbocycles. The Hall–Kier alpha value is -1.39. The first-order valence-electron chi connectivity index (χ1n) is 9.93. The van der Waals surface area contributed by atoms with Gasteiger partial charge in [-0.15, -0.1) is 5.10 Å². The van der Waals surface area contributed by atoms with E-state index in [1.807, 2.05) is 0 Å². The summed E-state index contributed by atoms with van der Waals surface area (Å²) in [5.41, 5.74) is 0.344. The first-order valence-corrected chi connectivity index (χ1v) is 9.93. The lowest BCUT2D eigenvalue weighted by Gasteiger charge is -2.29. The predicted octanol–water partition coefficient (Wildman–Crippen LogP) is 5.84. The average Bonchev–Trinajstić information content (AvgIpc) is 3.05. The van der Waals surface area contributed by atoms with Crippen molar-refractivity contribution in [3.63, 3.8) is 0 Å². The lowest BCUT2D eigenvalue weighted by molar-refractivity contribution is 0.0698. The van der Waals surface area contributed by atoms with Crippen LogP contribution in [-0.2, 0) is 4.74 Å². The highest BCUT2D eigenvalue weighted by Gasteiger charge is 2.24. The Morgan fingerprint density at radius 3 is 2.56 bits per heavy atom. The third-order valence-electron chi connectivity index (χ3n) is 4.75. The van der Waals surface area contributed by atoms with Crippen molar-refractivity contribution in [1.82, 2.24) is 14.8 Å². The van der Waals surface area contributed by atoms with E-state index in [0.717, 1.165) is 25.7 Å². The lowest BCUT2D eigenvalue weighted by atomic mass is 9.78. The molecule has 5 heteroatoms. The number of rotatable bonds is 12. The number of aromatic nitrogens is 3. The normalized spacial score (nSPS) is 14.3. The summed E-state index contributed by atoms with van der Waals surface area (Å²) in [6.07, 6.45) is 12.5. The van der Waals surface area contributed by atoms with Crippen LogP contribution in [0.3, 0.4) is 0 Å². The topological polar surface area (TPSA) is 57.0 Å². The van der Waals surface area contributed by atoms with Crippen LogP contribution in [0.1, 0.15) is 92.4 Å². The summed E-state index contributed by atoms with van der Waals surface area (Å²) in [7, 11) is 0. The first kappa shape index (κ1) is 21.7. The van der Waals surface area contributed by atoms with Crippen LogP contribution in [0.4, 0.5) is 4.79 Å². The van der Waals surface area contributed by atoms with Crippen molar-refractivity contribution in [3.8, 4) is 0 Å². The number of unbranched alkanes of at least 4 members (excludes halogenated alkanes) is 3. The predicted molar refractivity (Wildman–Crippen MR) is 102 cm³/mol. The zero-order valence-electron chi connectivity index (χ0n) is 16.8. The second kappa shape index (κ2) is 11.3. The molecule has 0 N–H and O–H groups in total. The van der Waals surface area contributed by atoms with E-state index in [-0.39, 0.29) is 6.10 Å². The summed E-state index contributed by atoms with van der Waals surface area (Å²) in [5, 5.41) is 3.87. The largest absolute Gasteiger partial charge is 0.445 e. The summed E-state index contributed by atoms with van der Waals surface area (Å²) >= 11 is 0. The Bertz CT molecular complexity index is 471. The Labute approximate surface area is 153 Å². The molecule has 0 saturated heterocycles. The average molecular weight is 352 g/mol. The Kier molecular flexibility index (Phi) is 9.76. The highest BCUT2D eigenvalue weighted by molar-refractivity contribution is 5.68. The monoisotopic (exact) mass is 351 g/mol. The van der Waals surface area contributed by atoms with Crippen molar-refractivity contribution in [2.24, 2.45) is 11.3 Å². The van der Waals surface area contributed by atoms with E-state index in [1.54, 1.807) is 0 Å². The Morgan fingerprint density at radius 2 is 1.96 bits per heavy atom. The summed E-state index contributed by atoms with van der Waals surface area (Å²) < 4.78 is 6.91. The molecule has 25 heavy (non-hydrogen) atoms. The quantitative estimate of drug-likeness (QED) is 0.444. The summed E-state index contributed by atoms with van der Waals surface area (Å²) in [6, 6.07) is 0. The van der Waals surface area contributed by atoms with Crippen molar-refractivity contribution in [3.05, 3.63) is 12.7 Å². The van der Waals surface area contributed by atoms with E-state index < -0.39 is 6.09 Å². The number of carbonyl (C=O) groups is 1. The molecule has 0 fully saturated rings. The van der Waals surface area contributed by atoms with Crippen LogP contribution in [-0.4, -0.2) is 27.0 Å². The number of carbonyl (C=O) groups excluding carboxylic acids is 1. The molecule has 1 heterocycles. The molecule has 5 nitrogen and oxygen atoms in total.